The summed E-state index contributed by atoms with van der Waals surface area (Å²) in [4.78, 5) is 11.8. The number of aryl methyl sites for hydroxylation is 2. The molecule has 17 heavy (non-hydrogen) atoms. The second kappa shape index (κ2) is 4.25. The zero-order chi connectivity index (χ0) is 12.4. The number of hydrogen-bond acceptors (Lipinski definition) is 5. The Balaban J connectivity index is 2.20. The second-order valence-electron chi connectivity index (χ2n) is 3.67. The molecule has 2 rings (SSSR count). The standard InChI is InChI=1S/C11H12N4O2/c1-6-3-4-8(9(12)5-6)10(16)13-11-15-14-7(2)17-11/h3-5H,12H2,1-2H3,(H,13,15,16). The molecule has 1 amide bonds. The molecule has 2 aromatic rings. The monoisotopic (exact) mass is 232 g/mol. The third-order valence-electron chi connectivity index (χ3n) is 2.20. The summed E-state index contributed by atoms with van der Waals surface area (Å²) in [6, 6.07) is 5.26. The number of benzene rings is 1. The van der Waals surface area contributed by atoms with Crippen LogP contribution in [0.5, 0.6) is 0 Å². The molecular formula is C11H12N4O2. The largest absolute Gasteiger partial charge is 0.408 e. The minimum Gasteiger partial charge on any atom is -0.408 e. The fourth-order valence-electron chi connectivity index (χ4n) is 1.40. The highest BCUT2D eigenvalue weighted by Gasteiger charge is 2.12. The summed E-state index contributed by atoms with van der Waals surface area (Å²) in [5, 5.41) is 9.76. The van der Waals surface area contributed by atoms with Crippen LogP contribution in [0, 0.1) is 13.8 Å². The van der Waals surface area contributed by atoms with E-state index >= 15 is 0 Å². The quantitative estimate of drug-likeness (QED) is 0.765. The molecule has 1 heterocycles. The van der Waals surface area contributed by atoms with Crippen molar-refractivity contribution in [2.45, 2.75) is 13.8 Å². The average molecular weight is 232 g/mol. The van der Waals surface area contributed by atoms with Crippen LogP contribution in [0.3, 0.4) is 0 Å². The summed E-state index contributed by atoms with van der Waals surface area (Å²) in [6.45, 7) is 3.54. The Morgan fingerprint density at radius 3 is 2.71 bits per heavy atom. The predicted octanol–water partition coefficient (Wildman–Crippen LogP) is 1.52. The number of carbonyl (C=O) groups is 1. The molecule has 0 radical (unpaired) electrons. The Kier molecular flexibility index (Phi) is 2.78. The van der Waals surface area contributed by atoms with Crippen molar-refractivity contribution in [1.82, 2.24) is 10.2 Å². The summed E-state index contributed by atoms with van der Waals surface area (Å²) in [7, 11) is 0. The van der Waals surface area contributed by atoms with Gasteiger partial charge in [0.25, 0.3) is 5.91 Å². The van der Waals surface area contributed by atoms with Crippen LogP contribution in [-0.2, 0) is 0 Å². The van der Waals surface area contributed by atoms with Gasteiger partial charge in [-0.05, 0) is 24.6 Å². The summed E-state index contributed by atoms with van der Waals surface area (Å²) in [6.07, 6.45) is 0. The Labute approximate surface area is 97.8 Å². The molecule has 0 bridgehead atoms. The number of nitrogens with zero attached hydrogens (tertiary/aromatic N) is 2. The highest BCUT2D eigenvalue weighted by molar-refractivity contribution is 6.06. The Bertz CT molecular complexity index is 562. The maximum Gasteiger partial charge on any atom is 0.322 e. The summed E-state index contributed by atoms with van der Waals surface area (Å²) in [5.74, 6) is 0.0170. The number of amides is 1. The summed E-state index contributed by atoms with van der Waals surface area (Å²) < 4.78 is 5.04. The SMILES string of the molecule is Cc1ccc(C(=O)Nc2nnc(C)o2)c(N)c1. The van der Waals surface area contributed by atoms with Crippen LogP contribution in [0.1, 0.15) is 21.8 Å². The highest BCUT2D eigenvalue weighted by Crippen LogP contribution is 2.15. The molecule has 88 valence electrons. The predicted molar refractivity (Wildman–Crippen MR) is 62.6 cm³/mol. The molecule has 1 aromatic heterocycles. The van der Waals surface area contributed by atoms with Gasteiger partial charge in [0.1, 0.15) is 0 Å². The average Bonchev–Trinajstić information content (AvgIpc) is 2.63. The van der Waals surface area contributed by atoms with Crippen molar-refractivity contribution < 1.29 is 9.21 Å². The number of nitrogens with two attached hydrogens (primary N) is 1. The van der Waals surface area contributed by atoms with Gasteiger partial charge in [-0.2, -0.15) is 0 Å². The fraction of sp³-hybridized carbons (Fsp3) is 0.182. The maximum absolute atomic E-state index is 11.8. The molecular weight excluding hydrogens is 220 g/mol. The summed E-state index contributed by atoms with van der Waals surface area (Å²) in [5.41, 5.74) is 7.54. The maximum atomic E-state index is 11.8. The summed E-state index contributed by atoms with van der Waals surface area (Å²) >= 11 is 0. The van der Waals surface area contributed by atoms with Crippen LogP contribution in [0.25, 0.3) is 0 Å². The molecule has 6 nitrogen and oxygen atoms in total. The first-order chi connectivity index (χ1) is 8.06. The molecule has 0 spiro atoms. The lowest BCUT2D eigenvalue weighted by atomic mass is 10.1. The lowest BCUT2D eigenvalue weighted by Gasteiger charge is -2.05. The van der Waals surface area contributed by atoms with Crippen molar-refractivity contribution in [3.05, 3.63) is 35.2 Å². The van der Waals surface area contributed by atoms with Crippen LogP contribution >= 0.6 is 0 Å². The van der Waals surface area contributed by atoms with Gasteiger partial charge in [0.2, 0.25) is 5.89 Å². The number of aromatic nitrogens is 2. The van der Waals surface area contributed by atoms with E-state index in [0.717, 1.165) is 5.56 Å². The van der Waals surface area contributed by atoms with E-state index < -0.39 is 0 Å². The van der Waals surface area contributed by atoms with E-state index in [1.807, 2.05) is 13.0 Å². The Morgan fingerprint density at radius 2 is 2.12 bits per heavy atom. The molecule has 0 saturated heterocycles. The van der Waals surface area contributed by atoms with Crippen molar-refractivity contribution >= 4 is 17.6 Å². The van der Waals surface area contributed by atoms with E-state index in [1.165, 1.54) is 0 Å². The highest BCUT2D eigenvalue weighted by atomic mass is 16.4. The molecule has 0 fully saturated rings. The molecule has 0 unspecified atom stereocenters. The minimum absolute atomic E-state index is 0.0625. The smallest absolute Gasteiger partial charge is 0.322 e. The van der Waals surface area contributed by atoms with Crippen molar-refractivity contribution in [2.24, 2.45) is 0 Å². The second-order valence-corrected chi connectivity index (χ2v) is 3.67. The van der Waals surface area contributed by atoms with Gasteiger partial charge in [-0.3, -0.25) is 10.1 Å². The van der Waals surface area contributed by atoms with Crippen LogP contribution < -0.4 is 11.1 Å². The molecule has 0 saturated carbocycles. The van der Waals surface area contributed by atoms with E-state index in [9.17, 15) is 4.79 Å². The van der Waals surface area contributed by atoms with Crippen LogP contribution in [0.2, 0.25) is 0 Å². The van der Waals surface area contributed by atoms with Gasteiger partial charge in [0.05, 0.1) is 5.56 Å². The fourth-order valence-corrected chi connectivity index (χ4v) is 1.40. The lowest BCUT2D eigenvalue weighted by molar-refractivity contribution is 0.102. The van der Waals surface area contributed by atoms with Crippen LogP contribution in [-0.4, -0.2) is 16.1 Å². The lowest BCUT2D eigenvalue weighted by Crippen LogP contribution is -2.14. The van der Waals surface area contributed by atoms with Gasteiger partial charge in [-0.1, -0.05) is 11.2 Å². The van der Waals surface area contributed by atoms with Crippen molar-refractivity contribution in [1.29, 1.82) is 0 Å². The van der Waals surface area contributed by atoms with E-state index in [0.29, 0.717) is 17.1 Å². The van der Waals surface area contributed by atoms with E-state index in [4.69, 9.17) is 10.2 Å². The third-order valence-corrected chi connectivity index (χ3v) is 2.20. The van der Waals surface area contributed by atoms with Crippen molar-refractivity contribution in [3.63, 3.8) is 0 Å². The van der Waals surface area contributed by atoms with Crippen molar-refractivity contribution in [2.75, 3.05) is 11.1 Å². The van der Waals surface area contributed by atoms with Gasteiger partial charge < -0.3 is 10.2 Å². The van der Waals surface area contributed by atoms with Gasteiger partial charge in [0.15, 0.2) is 0 Å². The molecule has 0 atom stereocenters. The molecule has 0 aliphatic carbocycles. The Hall–Kier alpha value is -2.37. The minimum atomic E-state index is -0.369. The van der Waals surface area contributed by atoms with E-state index in [2.05, 4.69) is 15.5 Å². The number of carbonyl (C=O) groups excluding carboxylic acids is 1. The number of hydrogen-bond donors (Lipinski definition) is 2. The molecule has 6 heteroatoms. The van der Waals surface area contributed by atoms with Gasteiger partial charge >= 0.3 is 6.01 Å². The number of rotatable bonds is 2. The normalized spacial score (nSPS) is 10.2. The topological polar surface area (TPSA) is 94.0 Å². The zero-order valence-corrected chi connectivity index (χ0v) is 9.52. The van der Waals surface area contributed by atoms with Crippen LogP contribution in [0.4, 0.5) is 11.7 Å². The van der Waals surface area contributed by atoms with Crippen molar-refractivity contribution in [3.8, 4) is 0 Å². The van der Waals surface area contributed by atoms with Crippen LogP contribution in [0.15, 0.2) is 22.6 Å². The molecule has 0 aliphatic rings. The number of anilines is 2. The van der Waals surface area contributed by atoms with E-state index in [1.54, 1.807) is 19.1 Å². The van der Waals surface area contributed by atoms with Gasteiger partial charge in [-0.25, -0.2) is 0 Å². The van der Waals surface area contributed by atoms with E-state index in [-0.39, 0.29) is 11.9 Å². The molecule has 0 aliphatic heterocycles. The molecule has 1 aromatic carbocycles. The number of nitrogens with one attached hydrogen (secondary N) is 1. The zero-order valence-electron chi connectivity index (χ0n) is 9.52. The molecule has 3 N–H and O–H groups in total. The van der Waals surface area contributed by atoms with Gasteiger partial charge in [-0.15, -0.1) is 5.10 Å². The first kappa shape index (κ1) is 11.1. The third kappa shape index (κ3) is 2.41. The first-order valence-corrected chi connectivity index (χ1v) is 5.04. The van der Waals surface area contributed by atoms with Gasteiger partial charge in [0, 0.05) is 12.6 Å². The Morgan fingerprint density at radius 1 is 1.35 bits per heavy atom. The number of nitrogen functional groups attached to an aromatic ring is 1. The first-order valence-electron chi connectivity index (χ1n) is 5.04.